The molecule has 0 aliphatic carbocycles. The largest absolute Gasteiger partial charge is 0.223 e. The molecule has 1 radical (unpaired) electrons. The Morgan fingerprint density at radius 2 is 1.82 bits per heavy atom. The Morgan fingerprint density at radius 3 is 2.45 bits per heavy atom. The monoisotopic (exact) mass is 145 g/mol. The van der Waals surface area contributed by atoms with E-state index in [9.17, 15) is 5.11 Å². The number of rotatable bonds is 2. The lowest BCUT2D eigenvalue weighted by molar-refractivity contribution is 0.392. The highest BCUT2D eigenvalue weighted by molar-refractivity contribution is 5.34. The molecule has 0 aliphatic rings. The van der Waals surface area contributed by atoms with Gasteiger partial charge >= 0.3 is 0 Å². The third-order valence-electron chi connectivity index (χ3n) is 0.982. The lowest BCUT2D eigenvalue weighted by Gasteiger charge is -1.80. The van der Waals surface area contributed by atoms with Crippen LogP contribution in [0.15, 0.2) is 0 Å². The zero-order valence-corrected chi connectivity index (χ0v) is 6.53. The van der Waals surface area contributed by atoms with Crippen molar-refractivity contribution in [2.75, 3.05) is 0 Å². The van der Waals surface area contributed by atoms with Crippen molar-refractivity contribution in [1.29, 1.82) is 0 Å². The summed E-state index contributed by atoms with van der Waals surface area (Å²) in [6, 6.07) is 0. The van der Waals surface area contributed by atoms with Crippen molar-refractivity contribution in [2.45, 2.75) is 26.2 Å². The second-order valence-electron chi connectivity index (χ2n) is 1.88. The van der Waals surface area contributed by atoms with Gasteiger partial charge in [-0.05, 0) is 18.3 Å². The molecule has 0 saturated heterocycles. The lowest BCUT2D eigenvalue weighted by Crippen LogP contribution is -1.65. The van der Waals surface area contributed by atoms with Gasteiger partial charge in [-0.25, -0.2) is 5.11 Å². The summed E-state index contributed by atoms with van der Waals surface area (Å²) in [6.07, 6.45) is 4.54. The predicted molar refractivity (Wildman–Crippen MR) is 43.5 cm³/mol. The molecule has 1 nitrogen and oxygen atoms in total. The zero-order chi connectivity index (χ0) is 8.36. The van der Waals surface area contributed by atoms with Crippen molar-refractivity contribution in [3.63, 3.8) is 0 Å². The highest BCUT2D eigenvalue weighted by Gasteiger charge is 1.73. The molecule has 0 rings (SSSR count). The van der Waals surface area contributed by atoms with Crippen LogP contribution >= 0.6 is 0 Å². The van der Waals surface area contributed by atoms with Crippen LogP contribution in [0.5, 0.6) is 0 Å². The van der Waals surface area contributed by atoms with E-state index in [1.54, 1.807) is 0 Å². The fourth-order valence-electron chi connectivity index (χ4n) is 0.460. The lowest BCUT2D eigenvalue weighted by atomic mass is 10.2. The summed E-state index contributed by atoms with van der Waals surface area (Å²) in [7, 11) is 0. The molecule has 0 amide bonds. The number of hydrogen-bond donors (Lipinski definition) is 0. The van der Waals surface area contributed by atoms with Crippen LogP contribution in [-0.4, -0.2) is 0 Å². The molecular formula is C10H9O. The summed E-state index contributed by atoms with van der Waals surface area (Å²) in [5.74, 6) is 12.3. The van der Waals surface area contributed by atoms with Gasteiger partial charge in [0.2, 0.25) is 0 Å². The first kappa shape index (κ1) is 9.48. The van der Waals surface area contributed by atoms with E-state index in [4.69, 9.17) is 0 Å². The quantitative estimate of drug-likeness (QED) is 0.415. The van der Waals surface area contributed by atoms with Gasteiger partial charge in [0, 0.05) is 18.3 Å². The summed E-state index contributed by atoms with van der Waals surface area (Å²) >= 11 is 0. The smallest absolute Gasteiger partial charge is 0.186 e. The molecule has 0 fully saturated rings. The van der Waals surface area contributed by atoms with E-state index in [1.807, 2.05) is 0 Å². The molecule has 0 N–H and O–H groups in total. The first-order chi connectivity index (χ1) is 5.41. The topological polar surface area (TPSA) is 19.9 Å². The number of hydrogen-bond acceptors (Lipinski definition) is 0. The Balaban J connectivity index is 3.54. The zero-order valence-electron chi connectivity index (χ0n) is 6.53. The molecule has 11 heavy (non-hydrogen) atoms. The van der Waals surface area contributed by atoms with E-state index in [-0.39, 0.29) is 0 Å². The maximum atomic E-state index is 9.55. The van der Waals surface area contributed by atoms with E-state index in [1.165, 1.54) is 6.11 Å². The van der Waals surface area contributed by atoms with Gasteiger partial charge in [-0.15, -0.1) is 0 Å². The van der Waals surface area contributed by atoms with Crippen molar-refractivity contribution < 1.29 is 5.11 Å². The third kappa shape index (κ3) is 8.48. The van der Waals surface area contributed by atoms with Crippen LogP contribution in [0.3, 0.4) is 0 Å². The van der Waals surface area contributed by atoms with Gasteiger partial charge < -0.3 is 0 Å². The van der Waals surface area contributed by atoms with Crippen LogP contribution in [0.25, 0.3) is 0 Å². The molecular weight excluding hydrogens is 136 g/mol. The normalized spacial score (nSPS) is 5.91. The molecule has 55 valence electrons. The minimum atomic E-state index is 0.871. The van der Waals surface area contributed by atoms with Gasteiger partial charge in [-0.3, -0.25) is 0 Å². The maximum Gasteiger partial charge on any atom is 0.186 e. The highest BCUT2D eigenvalue weighted by atomic mass is 16.2. The van der Waals surface area contributed by atoms with Gasteiger partial charge in [0.1, 0.15) is 0 Å². The van der Waals surface area contributed by atoms with E-state index < -0.39 is 0 Å². The Bertz CT molecular complexity index is 256. The van der Waals surface area contributed by atoms with Crippen molar-refractivity contribution in [3.05, 3.63) is 0 Å². The summed E-state index contributed by atoms with van der Waals surface area (Å²) in [5, 5.41) is 9.55. The van der Waals surface area contributed by atoms with Gasteiger partial charge in [0.05, 0.1) is 0 Å². The Hall–Kier alpha value is -1.52. The van der Waals surface area contributed by atoms with Crippen molar-refractivity contribution in [2.24, 2.45) is 0 Å². The summed E-state index contributed by atoms with van der Waals surface area (Å²) in [5.41, 5.74) is 0. The van der Waals surface area contributed by atoms with Gasteiger partial charge in [0.25, 0.3) is 0 Å². The van der Waals surface area contributed by atoms with Crippen LogP contribution in [0.1, 0.15) is 26.2 Å². The minimum absolute atomic E-state index is 0.871. The molecule has 0 heterocycles. The molecule has 0 atom stereocenters. The second-order valence-corrected chi connectivity index (χ2v) is 1.88. The van der Waals surface area contributed by atoms with Crippen LogP contribution in [-0.2, 0) is 5.11 Å². The van der Waals surface area contributed by atoms with Gasteiger partial charge in [0.15, 0.2) is 6.11 Å². The van der Waals surface area contributed by atoms with E-state index in [0.717, 1.165) is 19.3 Å². The standard InChI is InChI=1S/C10H9O/c1-2-3-4-5-6-7-8-9-10-11/h2-4H2,1H3. The van der Waals surface area contributed by atoms with E-state index in [2.05, 4.69) is 36.5 Å². The molecule has 0 spiro atoms. The SMILES string of the molecule is CCCCC#CC#CC#C[O]. The summed E-state index contributed by atoms with van der Waals surface area (Å²) < 4.78 is 0. The molecule has 0 aromatic rings. The minimum Gasteiger partial charge on any atom is -0.223 e. The number of unbranched alkanes of at least 4 members (excludes halogenated alkanes) is 2. The summed E-state index contributed by atoms with van der Waals surface area (Å²) in [4.78, 5) is 0. The molecule has 0 aliphatic heterocycles. The fourth-order valence-corrected chi connectivity index (χ4v) is 0.460. The van der Waals surface area contributed by atoms with E-state index >= 15 is 0 Å². The molecule has 0 bridgehead atoms. The second kappa shape index (κ2) is 8.48. The average Bonchev–Trinajstić information content (AvgIpc) is 2.03. The summed E-state index contributed by atoms with van der Waals surface area (Å²) in [6.45, 7) is 2.11. The van der Waals surface area contributed by atoms with Crippen LogP contribution in [0.4, 0.5) is 0 Å². The van der Waals surface area contributed by atoms with Gasteiger partial charge in [-0.1, -0.05) is 19.3 Å². The van der Waals surface area contributed by atoms with Crippen LogP contribution in [0.2, 0.25) is 0 Å². The van der Waals surface area contributed by atoms with Crippen LogP contribution < -0.4 is 0 Å². The first-order valence-electron chi connectivity index (χ1n) is 3.51. The third-order valence-corrected chi connectivity index (χ3v) is 0.982. The maximum absolute atomic E-state index is 9.55. The van der Waals surface area contributed by atoms with Crippen molar-refractivity contribution >= 4 is 0 Å². The van der Waals surface area contributed by atoms with Gasteiger partial charge in [-0.2, -0.15) is 0 Å². The predicted octanol–water partition coefficient (Wildman–Crippen LogP) is 1.57. The average molecular weight is 145 g/mol. The van der Waals surface area contributed by atoms with E-state index in [0.29, 0.717) is 0 Å². The molecule has 0 saturated carbocycles. The molecule has 1 heteroatoms. The molecule has 0 aromatic heterocycles. The van der Waals surface area contributed by atoms with Crippen molar-refractivity contribution in [1.82, 2.24) is 0 Å². The van der Waals surface area contributed by atoms with Crippen molar-refractivity contribution in [3.8, 4) is 35.7 Å². The Kier molecular flexibility index (Phi) is 7.31. The highest BCUT2D eigenvalue weighted by Crippen LogP contribution is 1.89. The molecule has 0 unspecified atom stereocenters. The van der Waals surface area contributed by atoms with Crippen LogP contribution in [0, 0.1) is 35.7 Å². The fraction of sp³-hybridized carbons (Fsp3) is 0.400. The Morgan fingerprint density at radius 1 is 1.09 bits per heavy atom. The molecule has 0 aromatic carbocycles. The first-order valence-corrected chi connectivity index (χ1v) is 3.51. The Labute approximate surface area is 67.8 Å².